The second kappa shape index (κ2) is 7.87. The van der Waals surface area contributed by atoms with Crippen molar-refractivity contribution in [2.24, 2.45) is 5.10 Å². The van der Waals surface area contributed by atoms with Crippen LogP contribution in [0.2, 0.25) is 0 Å². The maximum absolute atomic E-state index is 13.8. The van der Waals surface area contributed by atoms with Crippen molar-refractivity contribution in [3.05, 3.63) is 65.3 Å². The lowest BCUT2D eigenvalue weighted by atomic mass is 10.1. The Balaban J connectivity index is 1.83. The summed E-state index contributed by atoms with van der Waals surface area (Å²) in [6.45, 7) is -0.265. The van der Waals surface area contributed by atoms with Gasteiger partial charge in [-0.25, -0.2) is 9.37 Å². The van der Waals surface area contributed by atoms with Gasteiger partial charge >= 0.3 is 0 Å². The number of hydrogen-bond acceptors (Lipinski definition) is 6. The Hall–Kier alpha value is -2.77. The Morgan fingerprint density at radius 1 is 1.24 bits per heavy atom. The first kappa shape index (κ1) is 17.1. The number of thiazole rings is 1. The monoisotopic (exact) mass is 357 g/mol. The number of hydrogen-bond donors (Lipinski definition) is 2. The van der Waals surface area contributed by atoms with Crippen LogP contribution in [0, 0.1) is 5.82 Å². The molecule has 0 unspecified atom stereocenters. The van der Waals surface area contributed by atoms with Gasteiger partial charge in [-0.05, 0) is 24.3 Å². The number of benzene rings is 2. The SMILES string of the molecule is COc1ccccc1/C(CO)=N/Nc1nc(-c2ccccc2F)cs1. The summed E-state index contributed by atoms with van der Waals surface area (Å²) in [5, 5.41) is 16.1. The van der Waals surface area contributed by atoms with Gasteiger partial charge in [0.05, 0.1) is 25.1 Å². The number of hydrazone groups is 1. The molecule has 128 valence electrons. The van der Waals surface area contributed by atoms with E-state index in [4.69, 9.17) is 4.74 Å². The summed E-state index contributed by atoms with van der Waals surface area (Å²) in [7, 11) is 1.56. The predicted octanol–water partition coefficient (Wildman–Crippen LogP) is 3.77. The minimum Gasteiger partial charge on any atom is -0.496 e. The van der Waals surface area contributed by atoms with E-state index < -0.39 is 0 Å². The third-order valence-electron chi connectivity index (χ3n) is 3.51. The molecule has 0 saturated heterocycles. The van der Waals surface area contributed by atoms with Crippen LogP contribution in [0.25, 0.3) is 11.3 Å². The van der Waals surface area contributed by atoms with E-state index in [-0.39, 0.29) is 12.4 Å². The van der Waals surface area contributed by atoms with Crippen molar-refractivity contribution in [1.82, 2.24) is 4.98 Å². The highest BCUT2D eigenvalue weighted by Gasteiger charge is 2.11. The summed E-state index contributed by atoms with van der Waals surface area (Å²) in [5.41, 5.74) is 4.88. The van der Waals surface area contributed by atoms with E-state index in [1.54, 1.807) is 36.8 Å². The van der Waals surface area contributed by atoms with Gasteiger partial charge in [-0.3, -0.25) is 5.43 Å². The number of anilines is 1. The number of nitrogens with one attached hydrogen (secondary N) is 1. The fourth-order valence-corrected chi connectivity index (χ4v) is 2.95. The number of para-hydroxylation sites is 1. The normalized spacial score (nSPS) is 11.4. The summed E-state index contributed by atoms with van der Waals surface area (Å²) >= 11 is 1.30. The van der Waals surface area contributed by atoms with Crippen LogP contribution in [0.4, 0.5) is 9.52 Å². The molecule has 25 heavy (non-hydrogen) atoms. The van der Waals surface area contributed by atoms with Crippen LogP contribution in [0.5, 0.6) is 5.75 Å². The Bertz CT molecular complexity index is 895. The van der Waals surface area contributed by atoms with Crippen molar-refractivity contribution in [1.29, 1.82) is 0 Å². The zero-order chi connectivity index (χ0) is 17.6. The molecule has 1 aromatic heterocycles. The van der Waals surface area contributed by atoms with E-state index in [1.165, 1.54) is 17.4 Å². The Kier molecular flexibility index (Phi) is 5.37. The average molecular weight is 357 g/mol. The number of halogens is 1. The fraction of sp³-hybridized carbons (Fsp3) is 0.111. The molecule has 0 radical (unpaired) electrons. The molecule has 3 rings (SSSR count). The molecule has 0 aliphatic rings. The average Bonchev–Trinajstić information content (AvgIpc) is 3.11. The summed E-state index contributed by atoms with van der Waals surface area (Å²) in [6, 6.07) is 13.7. The quantitative estimate of drug-likeness (QED) is 0.521. The number of methoxy groups -OCH3 is 1. The first-order valence-electron chi connectivity index (χ1n) is 7.50. The summed E-state index contributed by atoms with van der Waals surface area (Å²) in [5.74, 6) is 0.288. The van der Waals surface area contributed by atoms with Crippen molar-refractivity contribution in [2.45, 2.75) is 0 Å². The highest BCUT2D eigenvalue weighted by Crippen LogP contribution is 2.27. The standard InChI is InChI=1S/C18H16FN3O2S/c1-24-17-9-5-3-7-13(17)15(10-23)21-22-18-20-16(11-25-18)12-6-2-4-8-14(12)19/h2-9,11,23H,10H2,1H3,(H,20,22)/b21-15+. The lowest BCUT2D eigenvalue weighted by Crippen LogP contribution is -2.10. The molecule has 7 heteroatoms. The Morgan fingerprint density at radius 3 is 2.76 bits per heavy atom. The van der Waals surface area contributed by atoms with Gasteiger partial charge in [0, 0.05) is 16.5 Å². The van der Waals surface area contributed by atoms with Gasteiger partial charge in [-0.15, -0.1) is 11.3 Å². The number of aliphatic hydroxyl groups is 1. The van der Waals surface area contributed by atoms with Gasteiger partial charge in [0.15, 0.2) is 0 Å². The largest absolute Gasteiger partial charge is 0.496 e. The molecule has 0 spiro atoms. The maximum atomic E-state index is 13.8. The van der Waals surface area contributed by atoms with Crippen LogP contribution >= 0.6 is 11.3 Å². The number of rotatable bonds is 6. The predicted molar refractivity (Wildman–Crippen MR) is 97.7 cm³/mol. The molecule has 0 saturated carbocycles. The summed E-state index contributed by atoms with van der Waals surface area (Å²) in [6.07, 6.45) is 0. The second-order valence-corrected chi connectivity index (χ2v) is 5.90. The second-order valence-electron chi connectivity index (χ2n) is 5.05. The maximum Gasteiger partial charge on any atom is 0.203 e. The number of aromatic nitrogens is 1. The molecule has 0 aliphatic heterocycles. The topological polar surface area (TPSA) is 66.7 Å². The molecule has 3 aromatic rings. The molecule has 2 aromatic carbocycles. The van der Waals surface area contributed by atoms with Crippen LogP contribution in [0.3, 0.4) is 0 Å². The van der Waals surface area contributed by atoms with E-state index in [2.05, 4.69) is 15.5 Å². The highest BCUT2D eigenvalue weighted by atomic mass is 32.1. The van der Waals surface area contributed by atoms with Crippen LogP contribution in [0.15, 0.2) is 59.0 Å². The Morgan fingerprint density at radius 2 is 2.00 bits per heavy atom. The minimum atomic E-state index is -0.326. The van der Waals surface area contributed by atoms with Crippen LogP contribution in [0.1, 0.15) is 5.56 Å². The molecule has 2 N–H and O–H groups in total. The summed E-state index contributed by atoms with van der Waals surface area (Å²) in [4.78, 5) is 4.33. The third-order valence-corrected chi connectivity index (χ3v) is 4.26. The Labute approximate surface area is 148 Å². The molecule has 5 nitrogen and oxygen atoms in total. The number of ether oxygens (including phenoxy) is 1. The number of nitrogens with zero attached hydrogens (tertiary/aromatic N) is 2. The van der Waals surface area contributed by atoms with Gasteiger partial charge < -0.3 is 9.84 Å². The zero-order valence-electron chi connectivity index (χ0n) is 13.4. The van der Waals surface area contributed by atoms with Gasteiger partial charge in [0.1, 0.15) is 11.6 Å². The lowest BCUT2D eigenvalue weighted by molar-refractivity contribution is 0.356. The molecule has 0 atom stereocenters. The van der Waals surface area contributed by atoms with Crippen molar-refractivity contribution in [3.63, 3.8) is 0 Å². The van der Waals surface area contributed by atoms with E-state index in [9.17, 15) is 9.50 Å². The molecule has 0 fully saturated rings. The van der Waals surface area contributed by atoms with Crippen molar-refractivity contribution < 1.29 is 14.2 Å². The van der Waals surface area contributed by atoms with E-state index >= 15 is 0 Å². The zero-order valence-corrected chi connectivity index (χ0v) is 14.3. The van der Waals surface area contributed by atoms with Crippen molar-refractivity contribution in [2.75, 3.05) is 19.1 Å². The van der Waals surface area contributed by atoms with Crippen LogP contribution in [-0.4, -0.2) is 29.5 Å². The molecule has 0 bridgehead atoms. The molecule has 1 heterocycles. The molecular weight excluding hydrogens is 341 g/mol. The summed E-state index contributed by atoms with van der Waals surface area (Å²) < 4.78 is 19.1. The molecule has 0 amide bonds. The van der Waals surface area contributed by atoms with Gasteiger partial charge in [-0.2, -0.15) is 5.10 Å². The molecular formula is C18H16FN3O2S. The van der Waals surface area contributed by atoms with E-state index in [0.29, 0.717) is 33.4 Å². The van der Waals surface area contributed by atoms with Gasteiger partial charge in [0.25, 0.3) is 0 Å². The van der Waals surface area contributed by atoms with Crippen molar-refractivity contribution >= 4 is 22.2 Å². The lowest BCUT2D eigenvalue weighted by Gasteiger charge is -2.09. The highest BCUT2D eigenvalue weighted by molar-refractivity contribution is 7.14. The van der Waals surface area contributed by atoms with Gasteiger partial charge in [0.2, 0.25) is 5.13 Å². The minimum absolute atomic E-state index is 0.265. The number of aliphatic hydroxyl groups excluding tert-OH is 1. The van der Waals surface area contributed by atoms with Crippen LogP contribution in [-0.2, 0) is 0 Å². The molecule has 0 aliphatic carbocycles. The van der Waals surface area contributed by atoms with Crippen LogP contribution < -0.4 is 10.2 Å². The first-order chi connectivity index (χ1) is 12.2. The van der Waals surface area contributed by atoms with Crippen molar-refractivity contribution in [3.8, 4) is 17.0 Å². The van der Waals surface area contributed by atoms with E-state index in [0.717, 1.165) is 0 Å². The van der Waals surface area contributed by atoms with Gasteiger partial charge in [-0.1, -0.05) is 24.3 Å². The van der Waals surface area contributed by atoms with E-state index in [1.807, 2.05) is 18.2 Å². The fourth-order valence-electron chi connectivity index (χ4n) is 2.30. The third kappa shape index (κ3) is 3.84. The first-order valence-corrected chi connectivity index (χ1v) is 8.38. The smallest absolute Gasteiger partial charge is 0.203 e.